The first-order valence-electron chi connectivity index (χ1n) is 6.62. The molecule has 0 fully saturated rings. The Morgan fingerprint density at radius 2 is 1.80 bits per heavy atom. The molecular weight excluding hydrogens is 248 g/mol. The maximum Gasteiger partial charge on any atom is 0.0896 e. The molecule has 102 valence electrons. The molecule has 0 unspecified atom stereocenters. The van der Waals surface area contributed by atoms with Crippen molar-refractivity contribution in [1.29, 1.82) is 0 Å². The van der Waals surface area contributed by atoms with Gasteiger partial charge in [0.05, 0.1) is 17.8 Å². The lowest BCUT2D eigenvalue weighted by atomic mass is 10.2. The fourth-order valence-corrected chi connectivity index (χ4v) is 2.45. The Bertz CT molecular complexity index is 728. The smallest absolute Gasteiger partial charge is 0.0896 e. The lowest BCUT2D eigenvalue weighted by Gasteiger charge is -2.18. The van der Waals surface area contributed by atoms with Gasteiger partial charge >= 0.3 is 0 Å². The van der Waals surface area contributed by atoms with E-state index in [1.54, 1.807) is 0 Å². The molecule has 0 aliphatic heterocycles. The quantitative estimate of drug-likeness (QED) is 0.741. The fraction of sp³-hybridized carbons (Fsp3) is 0.188. The largest absolute Gasteiger partial charge is 0.399 e. The summed E-state index contributed by atoms with van der Waals surface area (Å²) < 4.78 is 1.93. The number of anilines is 2. The highest BCUT2D eigenvalue weighted by molar-refractivity contribution is 5.82. The molecule has 1 aromatic heterocycles. The van der Waals surface area contributed by atoms with Crippen LogP contribution in [0.4, 0.5) is 11.4 Å². The third-order valence-electron chi connectivity index (χ3n) is 3.56. The predicted octanol–water partition coefficient (Wildman–Crippen LogP) is 2.79. The topological polar surface area (TPSA) is 47.1 Å². The highest BCUT2D eigenvalue weighted by Gasteiger charge is 2.10. The first-order valence-corrected chi connectivity index (χ1v) is 6.62. The Labute approximate surface area is 118 Å². The Hall–Kier alpha value is -2.49. The van der Waals surface area contributed by atoms with E-state index < -0.39 is 0 Å². The van der Waals surface area contributed by atoms with Crippen molar-refractivity contribution in [2.45, 2.75) is 6.54 Å². The van der Waals surface area contributed by atoms with E-state index >= 15 is 0 Å². The number of fused-ring (bicyclic) bond motifs is 1. The van der Waals surface area contributed by atoms with Gasteiger partial charge in [0.25, 0.3) is 0 Å². The zero-order chi connectivity index (χ0) is 14.1. The number of aromatic nitrogens is 2. The van der Waals surface area contributed by atoms with E-state index in [2.05, 4.69) is 35.2 Å². The molecule has 0 saturated heterocycles. The van der Waals surface area contributed by atoms with Crippen LogP contribution in [0.3, 0.4) is 0 Å². The first-order chi connectivity index (χ1) is 9.65. The van der Waals surface area contributed by atoms with Gasteiger partial charge in [-0.15, -0.1) is 0 Å². The van der Waals surface area contributed by atoms with Gasteiger partial charge < -0.3 is 10.6 Å². The van der Waals surface area contributed by atoms with Gasteiger partial charge in [0.1, 0.15) is 0 Å². The van der Waals surface area contributed by atoms with Crippen molar-refractivity contribution in [3.05, 3.63) is 54.2 Å². The lowest BCUT2D eigenvalue weighted by Crippen LogP contribution is -2.17. The molecule has 0 spiro atoms. The normalized spacial score (nSPS) is 10.9. The van der Waals surface area contributed by atoms with Gasteiger partial charge in [-0.05, 0) is 30.3 Å². The van der Waals surface area contributed by atoms with Crippen LogP contribution in [-0.4, -0.2) is 16.8 Å². The highest BCUT2D eigenvalue weighted by Crippen LogP contribution is 2.21. The Morgan fingerprint density at radius 3 is 2.55 bits per heavy atom. The average Bonchev–Trinajstić information content (AvgIpc) is 2.77. The molecule has 3 aromatic rings. The van der Waals surface area contributed by atoms with Crippen molar-refractivity contribution in [2.75, 3.05) is 17.7 Å². The molecule has 0 atom stereocenters. The minimum atomic E-state index is 0.769. The zero-order valence-corrected chi connectivity index (χ0v) is 11.7. The highest BCUT2D eigenvalue weighted by atomic mass is 15.3. The van der Waals surface area contributed by atoms with Crippen molar-refractivity contribution in [1.82, 2.24) is 9.78 Å². The van der Waals surface area contributed by atoms with Crippen LogP contribution >= 0.6 is 0 Å². The minimum Gasteiger partial charge on any atom is -0.399 e. The van der Waals surface area contributed by atoms with E-state index in [1.165, 1.54) is 5.39 Å². The summed E-state index contributed by atoms with van der Waals surface area (Å²) in [6.07, 6.45) is 0. The van der Waals surface area contributed by atoms with E-state index in [4.69, 9.17) is 5.73 Å². The summed E-state index contributed by atoms with van der Waals surface area (Å²) in [5.41, 5.74) is 9.88. The van der Waals surface area contributed by atoms with Crippen molar-refractivity contribution in [2.24, 2.45) is 7.05 Å². The van der Waals surface area contributed by atoms with Gasteiger partial charge in [-0.3, -0.25) is 4.68 Å². The van der Waals surface area contributed by atoms with Crippen molar-refractivity contribution >= 4 is 22.3 Å². The lowest BCUT2D eigenvalue weighted by molar-refractivity contribution is 0.754. The summed E-state index contributed by atoms with van der Waals surface area (Å²) in [5, 5.41) is 5.83. The van der Waals surface area contributed by atoms with Crippen LogP contribution in [0.15, 0.2) is 48.5 Å². The Morgan fingerprint density at radius 1 is 1.10 bits per heavy atom. The van der Waals surface area contributed by atoms with Crippen molar-refractivity contribution in [3.8, 4) is 0 Å². The molecule has 4 heteroatoms. The molecule has 0 amide bonds. The third kappa shape index (κ3) is 2.20. The summed E-state index contributed by atoms with van der Waals surface area (Å²) in [5.74, 6) is 0. The number of nitrogen functional groups attached to an aromatic ring is 1. The number of hydrogen-bond acceptors (Lipinski definition) is 3. The first kappa shape index (κ1) is 12.5. The molecule has 3 rings (SSSR count). The van der Waals surface area contributed by atoms with Crippen molar-refractivity contribution in [3.63, 3.8) is 0 Å². The van der Waals surface area contributed by atoms with E-state index in [0.717, 1.165) is 29.1 Å². The molecule has 0 aliphatic rings. The van der Waals surface area contributed by atoms with Crippen LogP contribution in [-0.2, 0) is 13.6 Å². The number of nitrogens with two attached hydrogens (primary N) is 1. The third-order valence-corrected chi connectivity index (χ3v) is 3.56. The number of para-hydroxylation sites is 1. The SMILES string of the molecule is CN(Cc1nn(C)c2ccccc12)c1ccc(N)cc1. The molecule has 1 heterocycles. The van der Waals surface area contributed by atoms with Gasteiger partial charge in [0.2, 0.25) is 0 Å². The summed E-state index contributed by atoms with van der Waals surface area (Å²) in [6.45, 7) is 0.769. The second kappa shape index (κ2) is 4.89. The molecule has 0 radical (unpaired) electrons. The summed E-state index contributed by atoms with van der Waals surface area (Å²) >= 11 is 0. The molecular formula is C16H18N4. The second-order valence-electron chi connectivity index (χ2n) is 5.04. The van der Waals surface area contributed by atoms with Gasteiger partial charge in [-0.1, -0.05) is 18.2 Å². The number of aryl methyl sites for hydroxylation is 1. The van der Waals surface area contributed by atoms with Gasteiger partial charge in [-0.2, -0.15) is 5.10 Å². The molecule has 20 heavy (non-hydrogen) atoms. The van der Waals surface area contributed by atoms with Crippen molar-refractivity contribution < 1.29 is 0 Å². The number of nitrogens with zero attached hydrogens (tertiary/aromatic N) is 3. The molecule has 0 saturated carbocycles. The molecule has 2 N–H and O–H groups in total. The van der Waals surface area contributed by atoms with Gasteiger partial charge in [0.15, 0.2) is 0 Å². The second-order valence-corrected chi connectivity index (χ2v) is 5.04. The average molecular weight is 266 g/mol. The minimum absolute atomic E-state index is 0.769. The maximum absolute atomic E-state index is 5.72. The van der Waals surface area contributed by atoms with Crippen LogP contribution in [0, 0.1) is 0 Å². The van der Waals surface area contributed by atoms with Crippen LogP contribution in [0.25, 0.3) is 10.9 Å². The molecule has 0 bridgehead atoms. The standard InChI is InChI=1S/C16H18N4/c1-19(13-9-7-12(17)8-10-13)11-15-14-5-3-4-6-16(14)20(2)18-15/h3-10H,11,17H2,1-2H3. The van der Waals surface area contributed by atoms with Crippen LogP contribution in [0.1, 0.15) is 5.69 Å². The van der Waals surface area contributed by atoms with Gasteiger partial charge in [-0.25, -0.2) is 0 Å². The van der Waals surface area contributed by atoms with E-state index in [1.807, 2.05) is 42.1 Å². The predicted molar refractivity (Wildman–Crippen MR) is 83.7 cm³/mol. The van der Waals surface area contributed by atoms with E-state index in [-0.39, 0.29) is 0 Å². The number of rotatable bonds is 3. The molecule has 4 nitrogen and oxygen atoms in total. The Balaban J connectivity index is 1.91. The van der Waals surface area contributed by atoms with Gasteiger partial charge in [0, 0.05) is 30.9 Å². The van der Waals surface area contributed by atoms with Crippen LogP contribution < -0.4 is 10.6 Å². The zero-order valence-electron chi connectivity index (χ0n) is 11.7. The maximum atomic E-state index is 5.72. The van der Waals surface area contributed by atoms with Crippen LogP contribution in [0.2, 0.25) is 0 Å². The monoisotopic (exact) mass is 266 g/mol. The molecule has 0 aliphatic carbocycles. The summed E-state index contributed by atoms with van der Waals surface area (Å²) in [6, 6.07) is 16.2. The number of benzene rings is 2. The number of hydrogen-bond donors (Lipinski definition) is 1. The summed E-state index contributed by atoms with van der Waals surface area (Å²) in [7, 11) is 4.05. The van der Waals surface area contributed by atoms with E-state index in [0.29, 0.717) is 0 Å². The fourth-order valence-electron chi connectivity index (χ4n) is 2.45. The van der Waals surface area contributed by atoms with Crippen LogP contribution in [0.5, 0.6) is 0 Å². The Kier molecular flexibility index (Phi) is 3.06. The molecule has 2 aromatic carbocycles. The summed E-state index contributed by atoms with van der Waals surface area (Å²) in [4.78, 5) is 2.17. The van der Waals surface area contributed by atoms with E-state index in [9.17, 15) is 0 Å².